The summed E-state index contributed by atoms with van der Waals surface area (Å²) < 4.78 is 8.43. The number of aryl methyl sites for hydroxylation is 2. The summed E-state index contributed by atoms with van der Waals surface area (Å²) in [5.41, 5.74) is 2.34. The molecule has 0 aliphatic carbocycles. The van der Waals surface area contributed by atoms with Crippen molar-refractivity contribution in [2.75, 3.05) is 0 Å². The molecule has 0 aliphatic rings. The molecule has 88 valence electrons. The molecule has 1 heterocycles. The van der Waals surface area contributed by atoms with E-state index in [0.29, 0.717) is 0 Å². The van der Waals surface area contributed by atoms with Crippen molar-refractivity contribution in [2.45, 2.75) is 66.2 Å². The molecule has 2 nitrogen and oxygen atoms in total. The largest absolute Gasteiger partial charge is 0.178 e. The molecule has 0 unspecified atom stereocenters. The zero-order valence-electron chi connectivity index (χ0n) is 10.5. The van der Waals surface area contributed by atoms with Crippen molar-refractivity contribution in [1.29, 1.82) is 0 Å². The molecule has 0 N–H and O–H groups in total. The Bertz CT molecular complexity index is 233. The van der Waals surface area contributed by atoms with Crippen LogP contribution in [-0.2, 0) is 6.42 Å². The van der Waals surface area contributed by atoms with Gasteiger partial charge in [0.25, 0.3) is 0 Å². The highest BCUT2D eigenvalue weighted by Gasteiger charge is 2.01. The monoisotopic (exact) mass is 228 g/mol. The van der Waals surface area contributed by atoms with E-state index in [2.05, 4.69) is 15.7 Å². The van der Waals surface area contributed by atoms with Crippen LogP contribution in [0.15, 0.2) is 0 Å². The van der Waals surface area contributed by atoms with Crippen LogP contribution in [0, 0.1) is 6.92 Å². The first kappa shape index (κ1) is 14.6. The Morgan fingerprint density at radius 1 is 1.00 bits per heavy atom. The maximum atomic E-state index is 4.26. The Morgan fingerprint density at radius 3 is 2.20 bits per heavy atom. The van der Waals surface area contributed by atoms with Crippen molar-refractivity contribution < 1.29 is 0 Å². The smallest absolute Gasteiger partial charge is 0.0772 e. The lowest BCUT2D eigenvalue weighted by Gasteiger charge is -1.98. The third-order valence-electron chi connectivity index (χ3n) is 2.26. The van der Waals surface area contributed by atoms with Crippen LogP contribution in [0.25, 0.3) is 0 Å². The van der Waals surface area contributed by atoms with Gasteiger partial charge in [-0.2, -0.15) is 8.75 Å². The molecule has 0 aliphatic heterocycles. The second kappa shape index (κ2) is 10.1. The summed E-state index contributed by atoms with van der Waals surface area (Å²) in [6.45, 7) is 8.29. The van der Waals surface area contributed by atoms with E-state index in [-0.39, 0.29) is 0 Å². The molecule has 1 aromatic heterocycles. The molecule has 0 atom stereocenters. The van der Waals surface area contributed by atoms with Crippen molar-refractivity contribution in [3.8, 4) is 0 Å². The second-order valence-electron chi connectivity index (χ2n) is 3.46. The summed E-state index contributed by atoms with van der Waals surface area (Å²) in [7, 11) is 0. The first-order valence-corrected chi connectivity index (χ1v) is 6.85. The fourth-order valence-electron chi connectivity index (χ4n) is 1.37. The van der Waals surface area contributed by atoms with E-state index in [9.17, 15) is 0 Å². The van der Waals surface area contributed by atoms with Crippen LogP contribution in [0.3, 0.4) is 0 Å². The number of aromatic nitrogens is 2. The standard InChI is InChI=1S/C10H18N2S.C2H6/c1-3-4-5-6-7-8-10-9(2)11-13-12-10;1-2/h3-8H2,1-2H3;1-2H3. The molecule has 0 amide bonds. The molecule has 3 heteroatoms. The van der Waals surface area contributed by atoms with Crippen LogP contribution in [0.5, 0.6) is 0 Å². The molecule has 0 radical (unpaired) electrons. The number of nitrogens with zero attached hydrogens (tertiary/aromatic N) is 2. The topological polar surface area (TPSA) is 25.8 Å². The van der Waals surface area contributed by atoms with E-state index in [1.807, 2.05) is 20.8 Å². The number of rotatable bonds is 6. The van der Waals surface area contributed by atoms with Gasteiger partial charge in [0, 0.05) is 0 Å². The predicted octanol–water partition coefficient (Wildman–Crippen LogP) is 4.39. The van der Waals surface area contributed by atoms with Crippen LogP contribution in [0.2, 0.25) is 0 Å². The Balaban J connectivity index is 0.000000921. The Labute approximate surface area is 98.4 Å². The van der Waals surface area contributed by atoms with Gasteiger partial charge in [0.1, 0.15) is 0 Å². The highest BCUT2D eigenvalue weighted by atomic mass is 32.1. The lowest BCUT2D eigenvalue weighted by atomic mass is 10.1. The molecule has 0 fully saturated rings. The Kier molecular flexibility index (Phi) is 9.79. The van der Waals surface area contributed by atoms with Crippen molar-refractivity contribution in [1.82, 2.24) is 8.75 Å². The third kappa shape index (κ3) is 6.61. The van der Waals surface area contributed by atoms with Gasteiger partial charge < -0.3 is 0 Å². The van der Waals surface area contributed by atoms with Crippen LogP contribution in [-0.4, -0.2) is 8.75 Å². The zero-order chi connectivity index (χ0) is 11.5. The molecular weight excluding hydrogens is 204 g/mol. The van der Waals surface area contributed by atoms with Crippen molar-refractivity contribution in [2.24, 2.45) is 0 Å². The minimum Gasteiger partial charge on any atom is -0.178 e. The first-order valence-electron chi connectivity index (χ1n) is 6.12. The molecular formula is C12H24N2S. The van der Waals surface area contributed by atoms with E-state index in [1.165, 1.54) is 49.5 Å². The average Bonchev–Trinajstić information content (AvgIpc) is 2.67. The van der Waals surface area contributed by atoms with E-state index in [1.54, 1.807) is 0 Å². The van der Waals surface area contributed by atoms with Crippen LogP contribution >= 0.6 is 11.7 Å². The first-order chi connectivity index (χ1) is 7.34. The second-order valence-corrected chi connectivity index (χ2v) is 3.99. The number of hydrogen-bond donors (Lipinski definition) is 0. The van der Waals surface area contributed by atoms with Gasteiger partial charge in [-0.15, -0.1) is 0 Å². The van der Waals surface area contributed by atoms with E-state index in [0.717, 1.165) is 12.1 Å². The maximum absolute atomic E-state index is 4.26. The van der Waals surface area contributed by atoms with Gasteiger partial charge >= 0.3 is 0 Å². The molecule has 1 rings (SSSR count). The normalized spacial score (nSPS) is 9.60. The average molecular weight is 228 g/mol. The molecule has 0 bridgehead atoms. The van der Waals surface area contributed by atoms with Crippen molar-refractivity contribution in [3.05, 3.63) is 11.4 Å². The van der Waals surface area contributed by atoms with Gasteiger partial charge in [0.05, 0.1) is 23.1 Å². The molecule has 1 aromatic rings. The molecule has 15 heavy (non-hydrogen) atoms. The summed E-state index contributed by atoms with van der Waals surface area (Å²) in [5.74, 6) is 0. The molecule has 0 saturated carbocycles. The molecule has 0 spiro atoms. The van der Waals surface area contributed by atoms with Gasteiger partial charge in [-0.1, -0.05) is 46.5 Å². The van der Waals surface area contributed by atoms with Gasteiger partial charge in [-0.25, -0.2) is 0 Å². The highest BCUT2D eigenvalue weighted by Crippen LogP contribution is 2.10. The molecule has 0 saturated heterocycles. The number of hydrogen-bond acceptors (Lipinski definition) is 3. The van der Waals surface area contributed by atoms with Gasteiger partial charge in [0.15, 0.2) is 0 Å². The van der Waals surface area contributed by atoms with Crippen molar-refractivity contribution >= 4 is 11.7 Å². The SMILES string of the molecule is CC.CCCCCCCc1nsnc1C. The Hall–Kier alpha value is -0.440. The quantitative estimate of drug-likeness (QED) is 0.675. The number of unbranched alkanes of at least 4 members (excludes halogenated alkanes) is 4. The summed E-state index contributed by atoms with van der Waals surface area (Å²) in [6.07, 6.45) is 7.78. The van der Waals surface area contributed by atoms with E-state index < -0.39 is 0 Å². The fourth-order valence-corrected chi connectivity index (χ4v) is 1.96. The Morgan fingerprint density at radius 2 is 1.67 bits per heavy atom. The van der Waals surface area contributed by atoms with Crippen molar-refractivity contribution in [3.63, 3.8) is 0 Å². The predicted molar refractivity (Wildman–Crippen MR) is 68.5 cm³/mol. The minimum atomic E-state index is 1.12. The fraction of sp³-hybridized carbons (Fsp3) is 0.833. The minimum absolute atomic E-state index is 1.12. The highest BCUT2D eigenvalue weighted by molar-refractivity contribution is 6.99. The van der Waals surface area contributed by atoms with Gasteiger partial charge in [0.2, 0.25) is 0 Å². The van der Waals surface area contributed by atoms with E-state index in [4.69, 9.17) is 0 Å². The lowest BCUT2D eigenvalue weighted by molar-refractivity contribution is 0.628. The summed E-state index contributed by atoms with van der Waals surface area (Å²) in [6, 6.07) is 0. The lowest BCUT2D eigenvalue weighted by Crippen LogP contribution is -1.88. The summed E-state index contributed by atoms with van der Waals surface area (Å²) in [5, 5.41) is 0. The van der Waals surface area contributed by atoms with Gasteiger partial charge in [-0.05, 0) is 19.8 Å². The van der Waals surface area contributed by atoms with Crippen LogP contribution < -0.4 is 0 Å². The maximum Gasteiger partial charge on any atom is 0.0772 e. The third-order valence-corrected chi connectivity index (χ3v) is 2.92. The molecule has 0 aromatic carbocycles. The van der Waals surface area contributed by atoms with Gasteiger partial charge in [-0.3, -0.25) is 0 Å². The van der Waals surface area contributed by atoms with Crippen LogP contribution in [0.1, 0.15) is 64.3 Å². The van der Waals surface area contributed by atoms with E-state index >= 15 is 0 Å². The summed E-state index contributed by atoms with van der Waals surface area (Å²) >= 11 is 1.33. The summed E-state index contributed by atoms with van der Waals surface area (Å²) in [4.78, 5) is 0. The van der Waals surface area contributed by atoms with Crippen LogP contribution in [0.4, 0.5) is 0 Å². The zero-order valence-corrected chi connectivity index (χ0v) is 11.4.